The van der Waals surface area contributed by atoms with Crippen molar-refractivity contribution in [2.45, 2.75) is 51.7 Å². The Morgan fingerprint density at radius 2 is 2.05 bits per heavy atom. The number of ether oxygens (including phenoxy) is 1. The molecule has 1 aromatic rings. The summed E-state index contributed by atoms with van der Waals surface area (Å²) < 4.78 is 5.54. The molecule has 1 amide bonds. The topological polar surface area (TPSA) is 90.1 Å². The average Bonchev–Trinajstić information content (AvgIpc) is 2.39. The van der Waals surface area contributed by atoms with Crippen LogP contribution in [0.1, 0.15) is 39.5 Å². The van der Waals surface area contributed by atoms with Gasteiger partial charge in [0.2, 0.25) is 11.8 Å². The molecule has 1 aliphatic rings. The summed E-state index contributed by atoms with van der Waals surface area (Å²) in [4.78, 5) is 19.4. The number of hydrogen-bond acceptors (Lipinski definition) is 5. The lowest BCUT2D eigenvalue weighted by Crippen LogP contribution is -2.32. The van der Waals surface area contributed by atoms with E-state index < -0.39 is 0 Å². The molecule has 0 saturated heterocycles. The van der Waals surface area contributed by atoms with Crippen LogP contribution < -0.4 is 15.8 Å². The molecule has 20 heavy (non-hydrogen) atoms. The summed E-state index contributed by atoms with van der Waals surface area (Å²) in [5.41, 5.74) is 5.33. The largest absolute Gasteiger partial charge is 0.475 e. The lowest BCUT2D eigenvalue weighted by molar-refractivity contribution is -0.122. The molecule has 1 saturated carbocycles. The second-order valence-corrected chi connectivity index (χ2v) is 5.50. The number of nitrogens with two attached hydrogens (primary N) is 1. The maximum atomic E-state index is 11.1. The van der Waals surface area contributed by atoms with Gasteiger partial charge in [0.05, 0.1) is 6.10 Å². The fourth-order valence-electron chi connectivity index (χ4n) is 2.46. The maximum absolute atomic E-state index is 11.1. The van der Waals surface area contributed by atoms with Crippen LogP contribution in [0.15, 0.2) is 12.4 Å². The van der Waals surface area contributed by atoms with Gasteiger partial charge >= 0.3 is 0 Å². The van der Waals surface area contributed by atoms with E-state index in [2.05, 4.69) is 15.3 Å². The third kappa shape index (κ3) is 4.08. The van der Waals surface area contributed by atoms with Crippen LogP contribution in [-0.4, -0.2) is 28.0 Å². The average molecular weight is 278 g/mol. The highest BCUT2D eigenvalue weighted by atomic mass is 16.5. The van der Waals surface area contributed by atoms with Crippen LogP contribution in [0, 0.1) is 5.92 Å². The van der Waals surface area contributed by atoms with Crippen molar-refractivity contribution in [2.75, 3.05) is 5.32 Å². The number of nitrogens with zero attached hydrogens (tertiary/aromatic N) is 2. The highest BCUT2D eigenvalue weighted by Crippen LogP contribution is 2.26. The van der Waals surface area contributed by atoms with Crippen molar-refractivity contribution < 1.29 is 9.53 Å². The van der Waals surface area contributed by atoms with Gasteiger partial charge in [-0.15, -0.1) is 0 Å². The Morgan fingerprint density at radius 3 is 2.65 bits per heavy atom. The van der Waals surface area contributed by atoms with Crippen LogP contribution >= 0.6 is 0 Å². The zero-order valence-electron chi connectivity index (χ0n) is 12.0. The maximum Gasteiger partial charge on any atom is 0.220 e. The predicted octanol–water partition coefficient (Wildman–Crippen LogP) is 1.72. The minimum atomic E-state index is -0.182. The normalized spacial score (nSPS) is 22.6. The molecule has 6 heteroatoms. The molecule has 0 atom stereocenters. The molecule has 6 nitrogen and oxygen atoms in total. The Labute approximate surface area is 119 Å². The molecule has 0 aliphatic heterocycles. The predicted molar refractivity (Wildman–Crippen MR) is 76.4 cm³/mol. The molecule has 0 radical (unpaired) electrons. The molecule has 110 valence electrons. The Hall–Kier alpha value is -1.85. The Balaban J connectivity index is 1.89. The van der Waals surface area contributed by atoms with Crippen LogP contribution in [0.25, 0.3) is 0 Å². The zero-order chi connectivity index (χ0) is 14.5. The van der Waals surface area contributed by atoms with Crippen molar-refractivity contribution in [3.8, 4) is 5.88 Å². The molecule has 1 aromatic heterocycles. The second kappa shape index (κ2) is 6.54. The number of hydrogen-bond donors (Lipinski definition) is 2. The van der Waals surface area contributed by atoms with E-state index in [1.807, 2.05) is 13.8 Å². The van der Waals surface area contributed by atoms with Gasteiger partial charge in [-0.3, -0.25) is 4.79 Å². The molecule has 1 fully saturated rings. The molecule has 0 spiro atoms. The van der Waals surface area contributed by atoms with Gasteiger partial charge in [-0.05, 0) is 39.5 Å². The molecule has 0 aromatic carbocycles. The van der Waals surface area contributed by atoms with Gasteiger partial charge in [0.25, 0.3) is 0 Å². The number of primary amides is 1. The minimum absolute atomic E-state index is 0.0262. The molecule has 2 rings (SSSR count). The highest BCUT2D eigenvalue weighted by Gasteiger charge is 2.24. The van der Waals surface area contributed by atoms with Crippen LogP contribution in [0.3, 0.4) is 0 Å². The molecule has 0 unspecified atom stereocenters. The van der Waals surface area contributed by atoms with Gasteiger partial charge in [-0.2, -0.15) is 0 Å². The van der Waals surface area contributed by atoms with Gasteiger partial charge in [-0.25, -0.2) is 9.97 Å². The van der Waals surface area contributed by atoms with Crippen molar-refractivity contribution in [2.24, 2.45) is 11.7 Å². The molecule has 1 aliphatic carbocycles. The van der Waals surface area contributed by atoms with Gasteiger partial charge in [0.15, 0.2) is 0 Å². The highest BCUT2D eigenvalue weighted by molar-refractivity contribution is 5.76. The van der Waals surface area contributed by atoms with Crippen LogP contribution in [0.2, 0.25) is 0 Å². The fraction of sp³-hybridized carbons (Fsp3) is 0.643. The minimum Gasteiger partial charge on any atom is -0.475 e. The Kier molecular flexibility index (Phi) is 4.76. The first kappa shape index (κ1) is 14.6. The van der Waals surface area contributed by atoms with E-state index in [4.69, 9.17) is 10.5 Å². The molecule has 3 N–H and O–H groups in total. The summed E-state index contributed by atoms with van der Waals surface area (Å²) >= 11 is 0. The van der Waals surface area contributed by atoms with Crippen LogP contribution in [-0.2, 0) is 4.79 Å². The smallest absolute Gasteiger partial charge is 0.220 e. The number of amides is 1. The van der Waals surface area contributed by atoms with E-state index >= 15 is 0 Å². The summed E-state index contributed by atoms with van der Waals surface area (Å²) in [7, 11) is 0. The number of anilines is 1. The van der Waals surface area contributed by atoms with Crippen LogP contribution in [0.5, 0.6) is 5.88 Å². The first-order chi connectivity index (χ1) is 9.54. The van der Waals surface area contributed by atoms with Crippen molar-refractivity contribution in [1.82, 2.24) is 9.97 Å². The van der Waals surface area contributed by atoms with Crippen molar-refractivity contribution in [3.05, 3.63) is 12.4 Å². The van der Waals surface area contributed by atoms with E-state index in [0.717, 1.165) is 31.5 Å². The zero-order valence-corrected chi connectivity index (χ0v) is 12.0. The molecule has 1 heterocycles. The van der Waals surface area contributed by atoms with Gasteiger partial charge in [0.1, 0.15) is 12.1 Å². The van der Waals surface area contributed by atoms with E-state index in [9.17, 15) is 4.79 Å². The quantitative estimate of drug-likeness (QED) is 0.856. The van der Waals surface area contributed by atoms with Gasteiger partial charge in [0, 0.05) is 18.0 Å². The standard InChI is InChI=1S/C14H22N4O2/c1-9(2)20-13-7-12(16-8-17-13)18-11-5-3-10(4-6-11)14(15)19/h7-11H,3-6H2,1-2H3,(H2,15,19)(H,16,17,18). The number of nitrogens with one attached hydrogen (secondary N) is 1. The van der Waals surface area contributed by atoms with Crippen LogP contribution in [0.4, 0.5) is 5.82 Å². The summed E-state index contributed by atoms with van der Waals surface area (Å²) in [6.07, 6.45) is 5.12. The second-order valence-electron chi connectivity index (χ2n) is 5.50. The lowest BCUT2D eigenvalue weighted by atomic mass is 9.85. The summed E-state index contributed by atoms with van der Waals surface area (Å²) in [6, 6.07) is 2.13. The summed E-state index contributed by atoms with van der Waals surface area (Å²) in [5.74, 6) is 1.18. The number of aromatic nitrogens is 2. The van der Waals surface area contributed by atoms with Crippen molar-refractivity contribution >= 4 is 11.7 Å². The van der Waals surface area contributed by atoms with E-state index in [1.54, 1.807) is 6.07 Å². The molecular formula is C14H22N4O2. The van der Waals surface area contributed by atoms with Crippen molar-refractivity contribution in [1.29, 1.82) is 0 Å². The Bertz CT molecular complexity index is 456. The SMILES string of the molecule is CC(C)Oc1cc(NC2CCC(C(N)=O)CC2)ncn1. The molecular weight excluding hydrogens is 256 g/mol. The van der Waals surface area contributed by atoms with E-state index in [0.29, 0.717) is 11.9 Å². The number of rotatable bonds is 5. The summed E-state index contributed by atoms with van der Waals surface area (Å²) in [6.45, 7) is 3.92. The van der Waals surface area contributed by atoms with Gasteiger partial charge in [-0.1, -0.05) is 0 Å². The molecule has 0 bridgehead atoms. The monoisotopic (exact) mass is 278 g/mol. The fourth-order valence-corrected chi connectivity index (χ4v) is 2.46. The first-order valence-electron chi connectivity index (χ1n) is 7.09. The first-order valence-corrected chi connectivity index (χ1v) is 7.09. The number of carbonyl (C=O) groups excluding carboxylic acids is 1. The lowest BCUT2D eigenvalue weighted by Gasteiger charge is -2.27. The van der Waals surface area contributed by atoms with Crippen molar-refractivity contribution in [3.63, 3.8) is 0 Å². The summed E-state index contributed by atoms with van der Waals surface area (Å²) in [5, 5.41) is 3.37. The third-order valence-corrected chi connectivity index (χ3v) is 3.48. The van der Waals surface area contributed by atoms with E-state index in [1.165, 1.54) is 6.33 Å². The number of carbonyl (C=O) groups is 1. The van der Waals surface area contributed by atoms with E-state index in [-0.39, 0.29) is 17.9 Å². The van der Waals surface area contributed by atoms with Gasteiger partial charge < -0.3 is 15.8 Å². The third-order valence-electron chi connectivity index (χ3n) is 3.48. The Morgan fingerprint density at radius 1 is 1.35 bits per heavy atom.